The monoisotopic (exact) mass is 720 g/mol. The highest BCUT2D eigenvalue weighted by molar-refractivity contribution is 5.86. The number of nitrogens with zero attached hydrogens (tertiary/aromatic N) is 2. The van der Waals surface area contributed by atoms with E-state index in [1.165, 1.54) is 132 Å². The van der Waals surface area contributed by atoms with Crippen LogP contribution < -0.4 is 9.80 Å². The summed E-state index contributed by atoms with van der Waals surface area (Å²) in [6.07, 6.45) is 28.2. The third kappa shape index (κ3) is 7.13. The van der Waals surface area contributed by atoms with E-state index >= 15 is 0 Å². The van der Waals surface area contributed by atoms with Crippen LogP contribution in [0.15, 0.2) is 152 Å². The van der Waals surface area contributed by atoms with Crippen LogP contribution in [0.4, 0.5) is 17.1 Å². The van der Waals surface area contributed by atoms with Gasteiger partial charge in [0.1, 0.15) is 0 Å². The van der Waals surface area contributed by atoms with E-state index < -0.39 is 0 Å². The van der Waals surface area contributed by atoms with Crippen molar-refractivity contribution in [2.75, 3.05) is 9.80 Å². The molecule has 0 N–H and O–H groups in total. The lowest BCUT2D eigenvalue weighted by Gasteiger charge is -2.42. The first-order valence-corrected chi connectivity index (χ1v) is 21.2. The zero-order valence-corrected chi connectivity index (χ0v) is 32.8. The SMILES string of the molecule is CC1(C)c2cc(-c3ccc(N(c4ccccc4)C4C=CC=CC=C4)cc3)ccc2-c2ccc(-c3ccc(N(C4CCCCCC4)C4CCCCC4)cc3)cc21. The van der Waals surface area contributed by atoms with Crippen molar-refractivity contribution in [1.29, 1.82) is 0 Å². The molecule has 2 fully saturated rings. The maximum Gasteiger partial charge on any atom is 0.0712 e. The Balaban J connectivity index is 0.974. The van der Waals surface area contributed by atoms with Crippen molar-refractivity contribution >= 4 is 17.1 Å². The standard InChI is InChI=1S/C53H56N2/c1-53(2)51-37-41(39-25-31-47(32-26-39)54(45-21-13-7-14-22-45)43-17-9-3-4-10-18-43)29-35-49(51)50-36-30-42(38-52(50)53)40-27-33-48(34-28-40)55(46-23-15-8-16-24-46)44-19-11-5-6-12-20-44/h3-4,7,9-10,13-14,17-18,21-22,25-38,43-44,46H,5-6,8,11-12,15-16,19-20,23-24H2,1-2H3. The van der Waals surface area contributed by atoms with Crippen LogP contribution in [0.5, 0.6) is 0 Å². The van der Waals surface area contributed by atoms with Crippen molar-refractivity contribution in [2.45, 2.75) is 108 Å². The van der Waals surface area contributed by atoms with Gasteiger partial charge in [-0.2, -0.15) is 0 Å². The van der Waals surface area contributed by atoms with E-state index in [1.807, 2.05) is 0 Å². The molecule has 278 valence electrons. The number of rotatable bonds is 8. The van der Waals surface area contributed by atoms with Crippen LogP contribution in [-0.4, -0.2) is 18.1 Å². The fourth-order valence-corrected chi connectivity index (χ4v) is 10.2. The van der Waals surface area contributed by atoms with E-state index in [-0.39, 0.29) is 11.5 Å². The minimum Gasteiger partial charge on any atom is -0.366 e. The summed E-state index contributed by atoms with van der Waals surface area (Å²) in [5.41, 5.74) is 14.4. The van der Waals surface area contributed by atoms with Gasteiger partial charge in [-0.25, -0.2) is 0 Å². The third-order valence-corrected chi connectivity index (χ3v) is 13.1. The second kappa shape index (κ2) is 15.6. The molecule has 2 nitrogen and oxygen atoms in total. The lowest BCUT2D eigenvalue weighted by atomic mass is 9.81. The first kappa shape index (κ1) is 35.6. The van der Waals surface area contributed by atoms with Gasteiger partial charge in [-0.1, -0.05) is 162 Å². The minimum absolute atomic E-state index is 0.0931. The number of fused-ring (bicyclic) bond motifs is 3. The predicted octanol–water partition coefficient (Wildman–Crippen LogP) is 14.4. The Labute approximate surface area is 329 Å². The molecule has 2 heteroatoms. The summed E-state index contributed by atoms with van der Waals surface area (Å²) < 4.78 is 0. The largest absolute Gasteiger partial charge is 0.366 e. The van der Waals surface area contributed by atoms with Crippen LogP contribution in [0.2, 0.25) is 0 Å². The summed E-state index contributed by atoms with van der Waals surface area (Å²) in [4.78, 5) is 5.29. The Morgan fingerprint density at radius 2 is 0.873 bits per heavy atom. The van der Waals surface area contributed by atoms with Crippen molar-refractivity contribution in [2.24, 2.45) is 0 Å². The first-order valence-electron chi connectivity index (χ1n) is 21.2. The highest BCUT2D eigenvalue weighted by atomic mass is 15.2. The maximum absolute atomic E-state index is 2.88. The van der Waals surface area contributed by atoms with E-state index in [9.17, 15) is 0 Å². The van der Waals surface area contributed by atoms with Gasteiger partial charge in [0, 0.05) is 34.6 Å². The smallest absolute Gasteiger partial charge is 0.0712 e. The van der Waals surface area contributed by atoms with Crippen molar-refractivity contribution in [3.63, 3.8) is 0 Å². The van der Waals surface area contributed by atoms with Crippen LogP contribution in [0.1, 0.15) is 95.6 Å². The normalized spacial score (nSPS) is 18.4. The van der Waals surface area contributed by atoms with Crippen molar-refractivity contribution in [3.05, 3.63) is 163 Å². The van der Waals surface area contributed by atoms with Gasteiger partial charge in [0.25, 0.3) is 0 Å². The zero-order chi connectivity index (χ0) is 37.2. The van der Waals surface area contributed by atoms with Crippen LogP contribution in [0.25, 0.3) is 33.4 Å². The van der Waals surface area contributed by atoms with Crippen molar-refractivity contribution in [3.8, 4) is 33.4 Å². The van der Waals surface area contributed by atoms with Gasteiger partial charge in [0.2, 0.25) is 0 Å². The molecule has 0 spiro atoms. The molecule has 0 atom stereocenters. The molecule has 0 heterocycles. The van der Waals surface area contributed by atoms with E-state index in [0.29, 0.717) is 12.1 Å². The summed E-state index contributed by atoms with van der Waals surface area (Å²) in [5, 5.41) is 0. The fraction of sp³-hybridized carbons (Fsp3) is 0.321. The molecule has 5 aromatic carbocycles. The highest BCUT2D eigenvalue weighted by Crippen LogP contribution is 2.51. The van der Waals surface area contributed by atoms with Crippen LogP contribution in [0.3, 0.4) is 0 Å². The summed E-state index contributed by atoms with van der Waals surface area (Å²) in [7, 11) is 0. The van der Waals surface area contributed by atoms with Crippen LogP contribution in [-0.2, 0) is 5.41 Å². The van der Waals surface area contributed by atoms with Gasteiger partial charge in [0.05, 0.1) is 6.04 Å². The number of anilines is 3. The Bertz CT molecular complexity index is 2160. The molecule has 0 unspecified atom stereocenters. The van der Waals surface area contributed by atoms with Crippen LogP contribution in [0, 0.1) is 0 Å². The lowest BCUT2D eigenvalue weighted by Crippen LogP contribution is -2.44. The average molecular weight is 721 g/mol. The highest BCUT2D eigenvalue weighted by Gasteiger charge is 2.36. The number of hydrogen-bond donors (Lipinski definition) is 0. The van der Waals surface area contributed by atoms with Gasteiger partial charge in [-0.3, -0.25) is 0 Å². The Morgan fingerprint density at radius 3 is 1.38 bits per heavy atom. The third-order valence-electron chi connectivity index (χ3n) is 13.1. The first-order chi connectivity index (χ1) is 27.0. The molecule has 0 aromatic heterocycles. The van der Waals surface area contributed by atoms with E-state index in [1.54, 1.807) is 0 Å². The molecule has 0 aliphatic heterocycles. The molecule has 0 bridgehead atoms. The summed E-state index contributed by atoms with van der Waals surface area (Å²) >= 11 is 0. The molecule has 4 aliphatic carbocycles. The number of allylic oxidation sites excluding steroid dienone is 4. The minimum atomic E-state index is -0.0931. The molecule has 2 saturated carbocycles. The molecular formula is C53H56N2. The molecular weight excluding hydrogens is 665 g/mol. The Kier molecular flexibility index (Phi) is 10.1. The average Bonchev–Trinajstić information content (AvgIpc) is 3.57. The second-order valence-electron chi connectivity index (χ2n) is 16.9. The molecule has 9 rings (SSSR count). The number of benzene rings is 5. The Hall–Kier alpha value is -5.08. The van der Waals surface area contributed by atoms with Crippen molar-refractivity contribution in [1.82, 2.24) is 0 Å². The zero-order valence-electron chi connectivity index (χ0n) is 32.8. The summed E-state index contributed by atoms with van der Waals surface area (Å²) in [6.45, 7) is 4.82. The molecule has 4 aliphatic rings. The predicted molar refractivity (Wildman–Crippen MR) is 236 cm³/mol. The van der Waals surface area contributed by atoms with Gasteiger partial charge < -0.3 is 9.80 Å². The molecule has 0 amide bonds. The quantitative estimate of drug-likeness (QED) is 0.147. The fourth-order valence-electron chi connectivity index (χ4n) is 10.2. The topological polar surface area (TPSA) is 6.48 Å². The van der Waals surface area contributed by atoms with E-state index in [4.69, 9.17) is 0 Å². The van der Waals surface area contributed by atoms with Gasteiger partial charge in [-0.15, -0.1) is 0 Å². The number of hydrogen-bond acceptors (Lipinski definition) is 2. The number of para-hydroxylation sites is 1. The van der Waals surface area contributed by atoms with Gasteiger partial charge in [-0.05, 0) is 119 Å². The Morgan fingerprint density at radius 1 is 0.436 bits per heavy atom. The van der Waals surface area contributed by atoms with Gasteiger partial charge >= 0.3 is 0 Å². The van der Waals surface area contributed by atoms with E-state index in [2.05, 4.69) is 175 Å². The second-order valence-corrected chi connectivity index (χ2v) is 16.9. The van der Waals surface area contributed by atoms with Crippen LogP contribution >= 0.6 is 0 Å². The molecule has 5 aromatic rings. The maximum atomic E-state index is 2.88. The molecule has 0 radical (unpaired) electrons. The summed E-state index contributed by atoms with van der Waals surface area (Å²) in [5.74, 6) is 0. The van der Waals surface area contributed by atoms with Gasteiger partial charge in [0.15, 0.2) is 0 Å². The molecule has 55 heavy (non-hydrogen) atoms. The lowest BCUT2D eigenvalue weighted by molar-refractivity contribution is 0.372. The molecule has 0 saturated heterocycles. The van der Waals surface area contributed by atoms with E-state index in [0.717, 1.165) is 0 Å². The van der Waals surface area contributed by atoms with Crippen molar-refractivity contribution < 1.29 is 0 Å². The summed E-state index contributed by atoms with van der Waals surface area (Å²) in [6, 6.07) is 45.4.